The molecule has 0 atom stereocenters. The van der Waals surface area contributed by atoms with E-state index < -0.39 is 0 Å². The molecule has 0 aliphatic carbocycles. The molecule has 2 nitrogen and oxygen atoms in total. The Labute approximate surface area is 96.1 Å². The summed E-state index contributed by atoms with van der Waals surface area (Å²) in [4.78, 5) is 1.87. The molecule has 0 saturated heterocycles. The van der Waals surface area contributed by atoms with Crippen molar-refractivity contribution in [3.8, 4) is 0 Å². The van der Waals surface area contributed by atoms with Gasteiger partial charge in [-0.1, -0.05) is 35.9 Å². The Morgan fingerprint density at radius 2 is 1.75 bits per heavy atom. The van der Waals surface area contributed by atoms with Crippen molar-refractivity contribution in [3.63, 3.8) is 0 Å². The molecule has 84 valence electrons. The predicted molar refractivity (Wildman–Crippen MR) is 67.2 cm³/mol. The van der Waals surface area contributed by atoms with E-state index in [1.165, 1.54) is 21.9 Å². The van der Waals surface area contributed by atoms with Crippen LogP contribution in [-0.4, -0.2) is 23.8 Å². The van der Waals surface area contributed by atoms with Gasteiger partial charge in [0.1, 0.15) is 0 Å². The molecule has 2 heteroatoms. The molecule has 0 radical (unpaired) electrons. The number of aliphatic hydroxyl groups excluding tert-OH is 1. The minimum absolute atomic E-state index is 0.0892. The number of benzene rings is 2. The lowest BCUT2D eigenvalue weighted by atomic mass is 10.0. The molecule has 0 amide bonds. The molecule has 0 aliphatic heterocycles. The molecule has 0 aromatic heterocycles. The fourth-order valence-corrected chi connectivity index (χ4v) is 1.87. The lowest BCUT2D eigenvalue weighted by Gasteiger charge is -2.13. The molecule has 2 rings (SSSR count). The largest absolute Gasteiger partial charge is 0.381 e. The quantitative estimate of drug-likeness (QED) is 0.795. The normalized spacial score (nSPS) is 11.2. The molecule has 0 bridgehead atoms. The number of fused-ring (bicyclic) bond motifs is 1. The molecule has 0 unspecified atom stereocenters. The van der Waals surface area contributed by atoms with E-state index in [9.17, 15) is 0 Å². The van der Waals surface area contributed by atoms with Gasteiger partial charge >= 0.3 is 0 Å². The minimum Gasteiger partial charge on any atom is -0.381 e. The van der Waals surface area contributed by atoms with E-state index in [1.807, 2.05) is 11.9 Å². The van der Waals surface area contributed by atoms with E-state index in [0.717, 1.165) is 6.54 Å². The standard InChI is InChI=1S/C14H17NO/c1-11-3-5-14-8-12(9-15(2)10-16)4-6-13(14)7-11/h3-8,16H,9-10H2,1-2H3. The summed E-state index contributed by atoms with van der Waals surface area (Å²) in [6.07, 6.45) is 0. The van der Waals surface area contributed by atoms with Crippen molar-refractivity contribution in [1.29, 1.82) is 0 Å². The zero-order chi connectivity index (χ0) is 11.5. The fourth-order valence-electron chi connectivity index (χ4n) is 1.87. The van der Waals surface area contributed by atoms with Gasteiger partial charge in [-0.15, -0.1) is 0 Å². The zero-order valence-electron chi connectivity index (χ0n) is 9.77. The highest BCUT2D eigenvalue weighted by Crippen LogP contribution is 2.18. The average Bonchev–Trinajstić information content (AvgIpc) is 2.29. The van der Waals surface area contributed by atoms with Crippen LogP contribution in [0.15, 0.2) is 36.4 Å². The second-order valence-electron chi connectivity index (χ2n) is 4.34. The Balaban J connectivity index is 2.33. The van der Waals surface area contributed by atoms with Gasteiger partial charge in [-0.3, -0.25) is 4.90 Å². The van der Waals surface area contributed by atoms with Crippen LogP contribution in [0.5, 0.6) is 0 Å². The van der Waals surface area contributed by atoms with Crippen LogP contribution in [0, 0.1) is 6.92 Å². The summed E-state index contributed by atoms with van der Waals surface area (Å²) in [7, 11) is 1.90. The van der Waals surface area contributed by atoms with Crippen LogP contribution >= 0.6 is 0 Å². The maximum Gasteiger partial charge on any atom is 0.0956 e. The first-order valence-corrected chi connectivity index (χ1v) is 5.48. The predicted octanol–water partition coefficient (Wildman–Crippen LogP) is 2.53. The first-order valence-electron chi connectivity index (χ1n) is 5.48. The summed E-state index contributed by atoms with van der Waals surface area (Å²) in [5.41, 5.74) is 2.51. The van der Waals surface area contributed by atoms with E-state index in [1.54, 1.807) is 0 Å². The third-order valence-electron chi connectivity index (χ3n) is 2.75. The molecule has 0 aliphatic rings. The zero-order valence-corrected chi connectivity index (χ0v) is 9.77. The summed E-state index contributed by atoms with van der Waals surface area (Å²) < 4.78 is 0. The molecule has 0 saturated carbocycles. The maximum atomic E-state index is 8.97. The molecular formula is C14H17NO. The van der Waals surface area contributed by atoms with E-state index in [4.69, 9.17) is 5.11 Å². The molecule has 2 aromatic carbocycles. The topological polar surface area (TPSA) is 23.5 Å². The second-order valence-corrected chi connectivity index (χ2v) is 4.34. The minimum atomic E-state index is 0.0892. The Hall–Kier alpha value is -1.38. The third-order valence-corrected chi connectivity index (χ3v) is 2.75. The van der Waals surface area contributed by atoms with Crippen molar-refractivity contribution < 1.29 is 5.11 Å². The highest BCUT2D eigenvalue weighted by molar-refractivity contribution is 5.83. The van der Waals surface area contributed by atoms with Gasteiger partial charge in [0, 0.05) is 6.54 Å². The number of hydrogen-bond acceptors (Lipinski definition) is 2. The van der Waals surface area contributed by atoms with Gasteiger partial charge in [0.05, 0.1) is 6.73 Å². The Bertz CT molecular complexity index is 493. The monoisotopic (exact) mass is 215 g/mol. The van der Waals surface area contributed by atoms with Crippen molar-refractivity contribution in [1.82, 2.24) is 4.90 Å². The molecule has 0 heterocycles. The lowest BCUT2D eigenvalue weighted by molar-refractivity contribution is 0.127. The number of rotatable bonds is 3. The van der Waals surface area contributed by atoms with Gasteiger partial charge in [0.2, 0.25) is 0 Å². The van der Waals surface area contributed by atoms with Gasteiger partial charge in [-0.2, -0.15) is 0 Å². The maximum absolute atomic E-state index is 8.97. The van der Waals surface area contributed by atoms with E-state index >= 15 is 0 Å². The van der Waals surface area contributed by atoms with Crippen LogP contribution in [0.1, 0.15) is 11.1 Å². The molecule has 0 spiro atoms. The molecule has 2 aromatic rings. The summed E-state index contributed by atoms with van der Waals surface area (Å²) in [6.45, 7) is 2.97. The van der Waals surface area contributed by atoms with Crippen LogP contribution in [0.4, 0.5) is 0 Å². The first-order chi connectivity index (χ1) is 7.69. The number of aryl methyl sites for hydroxylation is 1. The first kappa shape index (κ1) is 11.1. The van der Waals surface area contributed by atoms with Gasteiger partial charge < -0.3 is 5.11 Å². The van der Waals surface area contributed by atoms with Crippen LogP contribution in [0.2, 0.25) is 0 Å². The van der Waals surface area contributed by atoms with Crippen LogP contribution < -0.4 is 0 Å². The number of hydrogen-bond donors (Lipinski definition) is 1. The summed E-state index contributed by atoms with van der Waals surface area (Å²) in [6, 6.07) is 12.9. The smallest absolute Gasteiger partial charge is 0.0956 e. The summed E-state index contributed by atoms with van der Waals surface area (Å²) in [5, 5.41) is 11.5. The highest BCUT2D eigenvalue weighted by Gasteiger charge is 2.00. The third kappa shape index (κ3) is 2.40. The average molecular weight is 215 g/mol. The summed E-state index contributed by atoms with van der Waals surface area (Å²) >= 11 is 0. The number of aliphatic hydroxyl groups is 1. The summed E-state index contributed by atoms with van der Waals surface area (Å²) in [5.74, 6) is 0. The van der Waals surface area contributed by atoms with Crippen molar-refractivity contribution in [2.45, 2.75) is 13.5 Å². The molecule has 1 N–H and O–H groups in total. The Kier molecular flexibility index (Phi) is 3.22. The van der Waals surface area contributed by atoms with E-state index in [2.05, 4.69) is 43.3 Å². The van der Waals surface area contributed by atoms with Crippen LogP contribution in [-0.2, 0) is 6.54 Å². The lowest BCUT2D eigenvalue weighted by Crippen LogP contribution is -2.18. The van der Waals surface area contributed by atoms with E-state index in [0.29, 0.717) is 0 Å². The van der Waals surface area contributed by atoms with Crippen molar-refractivity contribution in [3.05, 3.63) is 47.5 Å². The second kappa shape index (κ2) is 4.64. The van der Waals surface area contributed by atoms with Crippen molar-refractivity contribution >= 4 is 10.8 Å². The van der Waals surface area contributed by atoms with E-state index in [-0.39, 0.29) is 6.73 Å². The van der Waals surface area contributed by atoms with Gasteiger partial charge in [0.25, 0.3) is 0 Å². The molecular weight excluding hydrogens is 198 g/mol. The fraction of sp³-hybridized carbons (Fsp3) is 0.286. The van der Waals surface area contributed by atoms with Crippen molar-refractivity contribution in [2.24, 2.45) is 0 Å². The Morgan fingerprint density at radius 3 is 2.50 bits per heavy atom. The van der Waals surface area contributed by atoms with Crippen LogP contribution in [0.25, 0.3) is 10.8 Å². The molecule has 16 heavy (non-hydrogen) atoms. The molecule has 0 fully saturated rings. The van der Waals surface area contributed by atoms with Gasteiger partial charge in [0.15, 0.2) is 0 Å². The SMILES string of the molecule is Cc1ccc2cc(CN(C)CO)ccc2c1. The van der Waals surface area contributed by atoms with Crippen molar-refractivity contribution in [2.75, 3.05) is 13.8 Å². The Morgan fingerprint density at radius 1 is 1.06 bits per heavy atom. The van der Waals surface area contributed by atoms with Gasteiger partial charge in [-0.05, 0) is 36.4 Å². The van der Waals surface area contributed by atoms with Crippen LogP contribution in [0.3, 0.4) is 0 Å². The number of nitrogens with zero attached hydrogens (tertiary/aromatic N) is 1. The highest BCUT2D eigenvalue weighted by atomic mass is 16.3. The van der Waals surface area contributed by atoms with Gasteiger partial charge in [-0.25, -0.2) is 0 Å².